The van der Waals surface area contributed by atoms with Gasteiger partial charge in [0.15, 0.2) is 5.88 Å². The van der Waals surface area contributed by atoms with E-state index in [1.54, 1.807) is 12.3 Å². The third-order valence-electron chi connectivity index (χ3n) is 2.70. The Bertz CT molecular complexity index is 473. The quantitative estimate of drug-likeness (QED) is 0.695. The third kappa shape index (κ3) is 0.943. The summed E-state index contributed by atoms with van der Waals surface area (Å²) in [5, 5.41) is 12.9. The lowest BCUT2D eigenvalue weighted by molar-refractivity contribution is 0.406. The maximum Gasteiger partial charge on any atom is 0.197 e. The van der Waals surface area contributed by atoms with Crippen LogP contribution in [0.2, 0.25) is 0 Å². The van der Waals surface area contributed by atoms with Gasteiger partial charge in [-0.25, -0.2) is 4.98 Å². The number of imidazole rings is 1. The number of fused-ring (bicyclic) bond motifs is 1. The summed E-state index contributed by atoms with van der Waals surface area (Å²) in [6.45, 7) is 1.90. The smallest absolute Gasteiger partial charge is 0.197 e. The maximum absolute atomic E-state index is 9.71. The summed E-state index contributed by atoms with van der Waals surface area (Å²) in [5.74, 6) is 1.66. The Morgan fingerprint density at radius 2 is 2.29 bits per heavy atom. The van der Waals surface area contributed by atoms with Gasteiger partial charge in [-0.2, -0.15) is 0 Å². The number of nitrogens with one attached hydrogen (secondary N) is 1. The molecule has 4 heteroatoms. The fourth-order valence-electron chi connectivity index (χ4n) is 1.81. The molecule has 0 spiro atoms. The highest BCUT2D eigenvalue weighted by atomic mass is 16.3. The van der Waals surface area contributed by atoms with Crippen molar-refractivity contribution in [3.63, 3.8) is 0 Å². The van der Waals surface area contributed by atoms with Crippen LogP contribution < -0.4 is 5.32 Å². The van der Waals surface area contributed by atoms with E-state index >= 15 is 0 Å². The minimum Gasteiger partial charge on any atom is -0.494 e. The fourth-order valence-corrected chi connectivity index (χ4v) is 1.81. The van der Waals surface area contributed by atoms with E-state index in [1.807, 2.05) is 16.5 Å². The van der Waals surface area contributed by atoms with Gasteiger partial charge in [0, 0.05) is 19.0 Å². The van der Waals surface area contributed by atoms with E-state index in [9.17, 15) is 5.11 Å². The largest absolute Gasteiger partial charge is 0.494 e. The lowest BCUT2D eigenvalue weighted by Gasteiger charge is -2.25. The molecule has 0 unspecified atom stereocenters. The van der Waals surface area contributed by atoms with Crippen molar-refractivity contribution in [3.05, 3.63) is 30.2 Å². The molecular weight excluding hydrogens is 178 g/mol. The molecule has 14 heavy (non-hydrogen) atoms. The average Bonchev–Trinajstić information content (AvgIpc) is 2.47. The van der Waals surface area contributed by atoms with Gasteiger partial charge in [0.1, 0.15) is 5.82 Å². The summed E-state index contributed by atoms with van der Waals surface area (Å²) in [7, 11) is 0. The van der Waals surface area contributed by atoms with Gasteiger partial charge in [-0.3, -0.25) is 4.40 Å². The van der Waals surface area contributed by atoms with E-state index in [0.29, 0.717) is 5.92 Å². The maximum atomic E-state index is 9.71. The zero-order valence-corrected chi connectivity index (χ0v) is 7.64. The van der Waals surface area contributed by atoms with Crippen molar-refractivity contribution in [3.8, 4) is 5.88 Å². The lowest BCUT2D eigenvalue weighted by atomic mass is 10.0. The van der Waals surface area contributed by atoms with Gasteiger partial charge < -0.3 is 10.4 Å². The van der Waals surface area contributed by atoms with Gasteiger partial charge in [-0.15, -0.1) is 0 Å². The topological polar surface area (TPSA) is 49.6 Å². The van der Waals surface area contributed by atoms with E-state index in [0.717, 1.165) is 24.4 Å². The summed E-state index contributed by atoms with van der Waals surface area (Å²) >= 11 is 0. The van der Waals surface area contributed by atoms with E-state index in [4.69, 9.17) is 0 Å². The number of nitrogens with zero attached hydrogens (tertiary/aromatic N) is 2. The second kappa shape index (κ2) is 2.72. The van der Waals surface area contributed by atoms with E-state index < -0.39 is 0 Å². The summed E-state index contributed by atoms with van der Waals surface area (Å²) in [6.07, 6.45) is 1.80. The number of rotatable bonds is 1. The average molecular weight is 189 g/mol. The zero-order valence-electron chi connectivity index (χ0n) is 7.64. The molecular formula is C10H11N3O. The normalized spacial score (nSPS) is 17.1. The highest BCUT2D eigenvalue weighted by Gasteiger charge is 2.23. The van der Waals surface area contributed by atoms with E-state index in [-0.39, 0.29) is 5.88 Å². The molecule has 1 fully saturated rings. The highest BCUT2D eigenvalue weighted by molar-refractivity contribution is 5.49. The fraction of sp³-hybridized carbons (Fsp3) is 0.300. The number of aromatic nitrogens is 2. The molecule has 2 aromatic rings. The first kappa shape index (κ1) is 7.82. The van der Waals surface area contributed by atoms with Crippen molar-refractivity contribution in [2.24, 2.45) is 0 Å². The summed E-state index contributed by atoms with van der Waals surface area (Å²) in [6, 6.07) is 5.46. The number of hydrogen-bond donors (Lipinski definition) is 2. The zero-order chi connectivity index (χ0) is 9.54. The van der Waals surface area contributed by atoms with Crippen LogP contribution in [-0.2, 0) is 0 Å². The first-order valence-electron chi connectivity index (χ1n) is 4.72. The highest BCUT2D eigenvalue weighted by Crippen LogP contribution is 2.23. The Morgan fingerprint density at radius 3 is 3.00 bits per heavy atom. The molecule has 0 atom stereocenters. The predicted octanol–water partition coefficient (Wildman–Crippen LogP) is 0.727. The Morgan fingerprint density at radius 1 is 1.43 bits per heavy atom. The molecule has 0 radical (unpaired) electrons. The van der Waals surface area contributed by atoms with E-state index in [2.05, 4.69) is 10.3 Å². The van der Waals surface area contributed by atoms with Crippen LogP contribution in [0.5, 0.6) is 5.88 Å². The number of aromatic hydroxyl groups is 1. The first-order valence-corrected chi connectivity index (χ1v) is 4.72. The van der Waals surface area contributed by atoms with Crippen LogP contribution in [0.25, 0.3) is 5.52 Å². The number of pyridine rings is 1. The van der Waals surface area contributed by atoms with Gasteiger partial charge in [0.25, 0.3) is 0 Å². The molecule has 2 aromatic heterocycles. The van der Waals surface area contributed by atoms with Crippen molar-refractivity contribution >= 4 is 5.52 Å². The van der Waals surface area contributed by atoms with E-state index in [1.165, 1.54) is 0 Å². The van der Waals surface area contributed by atoms with Crippen molar-refractivity contribution in [1.29, 1.82) is 0 Å². The van der Waals surface area contributed by atoms with Crippen molar-refractivity contribution in [1.82, 2.24) is 14.7 Å². The molecule has 4 nitrogen and oxygen atoms in total. The predicted molar refractivity (Wildman–Crippen MR) is 52.5 cm³/mol. The Hall–Kier alpha value is -1.55. The van der Waals surface area contributed by atoms with Gasteiger partial charge in [0.2, 0.25) is 0 Å². The van der Waals surface area contributed by atoms with Crippen LogP contribution in [0.4, 0.5) is 0 Å². The van der Waals surface area contributed by atoms with Gasteiger partial charge >= 0.3 is 0 Å². The van der Waals surface area contributed by atoms with Crippen LogP contribution in [0.3, 0.4) is 0 Å². The number of hydrogen-bond acceptors (Lipinski definition) is 3. The molecule has 0 saturated carbocycles. The monoisotopic (exact) mass is 189 g/mol. The molecule has 1 aliphatic rings. The minimum absolute atomic E-state index is 0.266. The van der Waals surface area contributed by atoms with Crippen molar-refractivity contribution < 1.29 is 5.11 Å². The van der Waals surface area contributed by atoms with Crippen LogP contribution in [0, 0.1) is 0 Å². The second-order valence-corrected chi connectivity index (χ2v) is 3.62. The molecule has 3 heterocycles. The van der Waals surface area contributed by atoms with Crippen LogP contribution in [0.1, 0.15) is 11.7 Å². The van der Waals surface area contributed by atoms with Crippen LogP contribution >= 0.6 is 0 Å². The molecule has 0 aromatic carbocycles. The summed E-state index contributed by atoms with van der Waals surface area (Å²) in [4.78, 5) is 4.34. The molecule has 0 amide bonds. The first-order chi connectivity index (χ1) is 6.86. The van der Waals surface area contributed by atoms with Crippen LogP contribution in [-0.4, -0.2) is 27.6 Å². The third-order valence-corrected chi connectivity index (χ3v) is 2.70. The molecule has 3 rings (SSSR count). The molecule has 2 N–H and O–H groups in total. The minimum atomic E-state index is 0.266. The molecule has 1 saturated heterocycles. The van der Waals surface area contributed by atoms with Gasteiger partial charge in [0.05, 0.1) is 11.7 Å². The Labute approximate surface area is 81.2 Å². The molecule has 0 aliphatic carbocycles. The lowest BCUT2D eigenvalue weighted by Crippen LogP contribution is -2.40. The Kier molecular flexibility index (Phi) is 1.52. The molecule has 0 bridgehead atoms. The standard InChI is InChI=1S/C10H11N3O/c14-9-3-1-2-8-6-12-10(13(8)9)7-4-11-5-7/h1-3,6-7,11,14H,4-5H2. The summed E-state index contributed by atoms with van der Waals surface area (Å²) < 4.78 is 1.81. The second-order valence-electron chi connectivity index (χ2n) is 3.62. The van der Waals surface area contributed by atoms with Crippen LogP contribution in [0.15, 0.2) is 24.4 Å². The SMILES string of the molecule is Oc1cccc2cnc(C3CNC3)n12. The van der Waals surface area contributed by atoms with Crippen molar-refractivity contribution in [2.45, 2.75) is 5.92 Å². The van der Waals surface area contributed by atoms with Gasteiger partial charge in [-0.05, 0) is 12.1 Å². The summed E-state index contributed by atoms with van der Waals surface area (Å²) in [5.41, 5.74) is 0.951. The molecule has 1 aliphatic heterocycles. The Balaban J connectivity index is 2.23. The van der Waals surface area contributed by atoms with Crippen molar-refractivity contribution in [2.75, 3.05) is 13.1 Å². The van der Waals surface area contributed by atoms with Gasteiger partial charge in [-0.1, -0.05) is 6.07 Å². The molecule has 72 valence electrons.